The van der Waals surface area contributed by atoms with Crippen molar-refractivity contribution in [3.05, 3.63) is 0 Å². The number of Topliss-reactive ketones (excluding diaryl/α,β-unsaturated/α-hetero) is 2. The van der Waals surface area contributed by atoms with Gasteiger partial charge < -0.3 is 84.9 Å². The van der Waals surface area contributed by atoms with Crippen LogP contribution in [0.25, 0.3) is 0 Å². The lowest BCUT2D eigenvalue weighted by Crippen LogP contribution is -2.64. The largest absolute Gasteiger partial charge is 0.447 e. The number of ether oxygens (including phenoxy) is 6. The highest BCUT2D eigenvalue weighted by Crippen LogP contribution is 2.48. The molecule has 26 heteroatoms. The minimum atomic E-state index is -3.75. The van der Waals surface area contributed by atoms with Crippen molar-refractivity contribution in [1.82, 2.24) is 21.3 Å². The van der Waals surface area contributed by atoms with Crippen LogP contribution >= 0.6 is 7.60 Å². The topological polar surface area (TPSA) is 363 Å². The van der Waals surface area contributed by atoms with Crippen LogP contribution in [0.15, 0.2) is 0 Å². The van der Waals surface area contributed by atoms with E-state index in [1.165, 1.54) is 20.5 Å². The van der Waals surface area contributed by atoms with Gasteiger partial charge in [-0.3, -0.25) is 28.3 Å². The van der Waals surface area contributed by atoms with Gasteiger partial charge in [0.2, 0.25) is 11.8 Å². The summed E-state index contributed by atoms with van der Waals surface area (Å²) in [6.45, 7) is 6.90. The fourth-order valence-corrected chi connectivity index (χ4v) is 8.71. The van der Waals surface area contributed by atoms with Crippen molar-refractivity contribution in [2.75, 3.05) is 59.4 Å². The van der Waals surface area contributed by atoms with E-state index in [1.807, 2.05) is 0 Å². The molecule has 25 nitrogen and oxygen atoms in total. The Bertz CT molecular complexity index is 1530. The highest BCUT2D eigenvalue weighted by molar-refractivity contribution is 7.53. The van der Waals surface area contributed by atoms with Crippen molar-refractivity contribution in [1.29, 1.82) is 0 Å². The molecule has 2 saturated heterocycles. The smallest absolute Gasteiger partial charge is 0.407 e. The molecule has 4 amide bonds. The van der Waals surface area contributed by atoms with Gasteiger partial charge in [0, 0.05) is 72.5 Å². The zero-order chi connectivity index (χ0) is 51.0. The van der Waals surface area contributed by atoms with Gasteiger partial charge in [-0.25, -0.2) is 9.59 Å². The number of aliphatic hydroxyl groups excluding tert-OH is 6. The Morgan fingerprint density at radius 3 is 1.35 bits per heavy atom. The fraction of sp³-hybridized carbons (Fsp3) is 0.857. The van der Waals surface area contributed by atoms with Gasteiger partial charge in [-0.15, -0.1) is 0 Å². The Morgan fingerprint density at radius 1 is 0.618 bits per heavy atom. The maximum atomic E-state index is 13.1. The Morgan fingerprint density at radius 2 is 1.00 bits per heavy atom. The van der Waals surface area contributed by atoms with Gasteiger partial charge in [-0.05, 0) is 59.3 Å². The van der Waals surface area contributed by atoms with Crippen molar-refractivity contribution in [2.45, 2.75) is 172 Å². The average molecular weight is 1000 g/mol. The number of rotatable bonds is 31. The number of carbonyl (C=O) groups is 6. The van der Waals surface area contributed by atoms with E-state index in [-0.39, 0.29) is 63.6 Å². The summed E-state index contributed by atoms with van der Waals surface area (Å²) in [5, 5.41) is 69.9. The first-order chi connectivity index (χ1) is 32.0. The van der Waals surface area contributed by atoms with Crippen LogP contribution in [-0.2, 0) is 61.2 Å². The van der Waals surface area contributed by atoms with E-state index in [0.717, 1.165) is 0 Å². The number of hydrogen-bond acceptors (Lipinski definition) is 21. The number of ketones is 2. The lowest BCUT2D eigenvalue weighted by atomic mass is 9.97. The maximum absolute atomic E-state index is 13.1. The normalized spacial score (nSPS) is 26.0. The molecule has 2 fully saturated rings. The standard InChI is InChI=1S/C42H75N4O21P/c1-25(49)45-32-36(55)34(53)30(21-47)64-38(32)60-19-9-7-13-27(51)15-11-17-43-40(57)62-23-29(66-68(6,59)67-42(3,4)5)24-63-41(58)44-18-12-16-28(52)14-8-10-20-61-39-33(46-26(2)50)37(56)35(54)31(22-48)65-39/h29-39,47-48,53-56H,7-24H2,1-6H3,(H,43,57)(H,44,58)(H,45,49)(H,46,50)/t30-,31-,32-,33-,34+,35+,36-,37-,38-,39-,68?/m1/s1. The summed E-state index contributed by atoms with van der Waals surface area (Å²) >= 11 is 0. The molecule has 394 valence electrons. The van der Waals surface area contributed by atoms with E-state index >= 15 is 0 Å². The van der Waals surface area contributed by atoms with Crippen molar-refractivity contribution in [3.63, 3.8) is 0 Å². The van der Waals surface area contributed by atoms with Gasteiger partial charge in [-0.2, -0.15) is 0 Å². The number of amides is 4. The second kappa shape index (κ2) is 31.0. The van der Waals surface area contributed by atoms with Crippen LogP contribution < -0.4 is 21.3 Å². The number of alkyl carbamates (subject to hydrolysis) is 2. The second-order valence-electron chi connectivity index (χ2n) is 17.6. The SMILES string of the molecule is CC(=O)N[C@H]1[C@H](OCCCCC(=O)CCCNC(=O)OCC(COC(=O)NCCCC(=O)CCCCO[C@@H]2O[C@H](CO)[C@H](O)[C@H](O)[C@H]2NC(C)=O)OP(C)(=O)OC(C)(C)C)O[C@H](CO)[C@H](O)[C@@H]1O. The molecule has 0 radical (unpaired) electrons. The van der Waals surface area contributed by atoms with E-state index in [2.05, 4.69) is 21.3 Å². The number of nitrogens with one attached hydrogen (secondary N) is 4. The van der Waals surface area contributed by atoms with Gasteiger partial charge in [0.1, 0.15) is 79.6 Å². The third-order valence-corrected chi connectivity index (χ3v) is 11.7. The second-order valence-corrected chi connectivity index (χ2v) is 19.5. The zero-order valence-corrected chi connectivity index (χ0v) is 40.7. The number of unbranched alkanes of at least 4 members (excludes halogenated alkanes) is 2. The summed E-state index contributed by atoms with van der Waals surface area (Å²) in [6, 6.07) is -2.14. The fourth-order valence-electron chi connectivity index (χ4n) is 7.01. The summed E-state index contributed by atoms with van der Waals surface area (Å²) in [4.78, 5) is 73.0. The third kappa shape index (κ3) is 23.9. The Labute approximate surface area is 396 Å². The molecule has 0 aromatic carbocycles. The maximum Gasteiger partial charge on any atom is 0.407 e. The Hall–Kier alpha value is -3.43. The van der Waals surface area contributed by atoms with Gasteiger partial charge >= 0.3 is 19.8 Å². The molecule has 2 aliphatic heterocycles. The van der Waals surface area contributed by atoms with Gasteiger partial charge in [0.15, 0.2) is 12.6 Å². The summed E-state index contributed by atoms with van der Waals surface area (Å²) in [5.41, 5.74) is -0.868. The molecule has 1 unspecified atom stereocenters. The number of carbonyl (C=O) groups excluding carboxylic acids is 6. The molecule has 2 rings (SSSR count). The molecule has 0 spiro atoms. The minimum Gasteiger partial charge on any atom is -0.447 e. The molecule has 11 atom stereocenters. The van der Waals surface area contributed by atoms with E-state index < -0.39 is 131 Å². The molecule has 0 aliphatic carbocycles. The van der Waals surface area contributed by atoms with Gasteiger partial charge in [0.25, 0.3) is 0 Å². The van der Waals surface area contributed by atoms with Gasteiger partial charge in [0.05, 0.1) is 18.8 Å². The molecule has 0 aromatic heterocycles. The monoisotopic (exact) mass is 1000 g/mol. The lowest BCUT2D eigenvalue weighted by molar-refractivity contribution is -0.270. The molecule has 0 aromatic rings. The molecule has 2 aliphatic rings. The summed E-state index contributed by atoms with van der Waals surface area (Å²) < 4.78 is 57.0. The average Bonchev–Trinajstić information content (AvgIpc) is 3.25. The van der Waals surface area contributed by atoms with Crippen LogP contribution in [0.1, 0.15) is 98.8 Å². The number of aliphatic hydroxyl groups is 6. The quantitative estimate of drug-likeness (QED) is 0.0307. The van der Waals surface area contributed by atoms with Crippen molar-refractivity contribution < 1.29 is 101 Å². The first-order valence-electron chi connectivity index (χ1n) is 22.8. The summed E-state index contributed by atoms with van der Waals surface area (Å²) in [5.74, 6) is -1.12. The third-order valence-electron chi connectivity index (χ3n) is 10.2. The molecule has 68 heavy (non-hydrogen) atoms. The number of hydrogen-bond donors (Lipinski definition) is 10. The predicted molar refractivity (Wildman–Crippen MR) is 237 cm³/mol. The zero-order valence-electron chi connectivity index (χ0n) is 39.8. The van der Waals surface area contributed by atoms with Crippen LogP contribution in [0, 0.1) is 0 Å². The van der Waals surface area contributed by atoms with Crippen LogP contribution in [0.5, 0.6) is 0 Å². The van der Waals surface area contributed by atoms with E-state index in [4.69, 9.17) is 37.5 Å². The molecule has 10 N–H and O–H groups in total. The van der Waals surface area contributed by atoms with E-state index in [0.29, 0.717) is 38.5 Å². The molecule has 0 bridgehead atoms. The molecular formula is C42H75N4O21P. The predicted octanol–water partition coefficient (Wildman–Crippen LogP) is -0.578. The summed E-state index contributed by atoms with van der Waals surface area (Å²) in [6.07, 6.45) is -10.2. The molecule has 0 saturated carbocycles. The van der Waals surface area contributed by atoms with Crippen LogP contribution in [-0.4, -0.2) is 199 Å². The van der Waals surface area contributed by atoms with Crippen molar-refractivity contribution >= 4 is 43.2 Å². The first kappa shape index (κ1) is 60.7. The summed E-state index contributed by atoms with van der Waals surface area (Å²) in [7, 11) is -3.75. The van der Waals surface area contributed by atoms with Crippen molar-refractivity contribution in [2.24, 2.45) is 0 Å². The van der Waals surface area contributed by atoms with Crippen LogP contribution in [0.2, 0.25) is 0 Å². The van der Waals surface area contributed by atoms with Crippen molar-refractivity contribution in [3.8, 4) is 0 Å². The molecular weight excluding hydrogens is 927 g/mol. The molecule has 2 heterocycles. The first-order valence-corrected chi connectivity index (χ1v) is 24.8. The Balaban J connectivity index is 1.68. The van der Waals surface area contributed by atoms with Crippen LogP contribution in [0.4, 0.5) is 9.59 Å². The Kier molecular flexibility index (Phi) is 27.7. The van der Waals surface area contributed by atoms with Crippen LogP contribution in [0.3, 0.4) is 0 Å². The van der Waals surface area contributed by atoms with Gasteiger partial charge in [-0.1, -0.05) is 0 Å². The highest BCUT2D eigenvalue weighted by atomic mass is 31.2. The minimum absolute atomic E-state index is 0.0778. The van der Waals surface area contributed by atoms with E-state index in [1.54, 1.807) is 20.8 Å². The highest BCUT2D eigenvalue weighted by Gasteiger charge is 2.46. The lowest BCUT2D eigenvalue weighted by Gasteiger charge is -2.42. The van der Waals surface area contributed by atoms with E-state index in [9.17, 15) is 64.0 Å².